The minimum absolute atomic E-state index is 0.115. The fourth-order valence-corrected chi connectivity index (χ4v) is 3.70. The molecule has 1 fully saturated rings. The molecule has 3 rings (SSSR count). The number of hydrogen-bond acceptors (Lipinski definition) is 5. The van der Waals surface area contributed by atoms with Crippen LogP contribution in [0.15, 0.2) is 47.4 Å². The summed E-state index contributed by atoms with van der Waals surface area (Å²) in [6.07, 6.45) is -0.363. The summed E-state index contributed by atoms with van der Waals surface area (Å²) in [5, 5.41) is 0. The van der Waals surface area contributed by atoms with Gasteiger partial charge >= 0.3 is 0 Å². The third-order valence-electron chi connectivity index (χ3n) is 4.30. The van der Waals surface area contributed by atoms with E-state index in [1.165, 1.54) is 10.5 Å². The highest BCUT2D eigenvalue weighted by atomic mass is 32.2. The van der Waals surface area contributed by atoms with Crippen LogP contribution in [-0.4, -0.2) is 31.5 Å². The summed E-state index contributed by atoms with van der Waals surface area (Å²) in [4.78, 5) is 1.24. The van der Waals surface area contributed by atoms with Crippen molar-refractivity contribution in [2.45, 2.75) is 45.2 Å². The number of thioether (sulfide) groups is 1. The second-order valence-electron chi connectivity index (χ2n) is 7.05. The van der Waals surface area contributed by atoms with Crippen LogP contribution < -0.4 is 9.47 Å². The van der Waals surface area contributed by atoms with E-state index in [-0.39, 0.29) is 12.6 Å². The number of rotatable bonds is 9. The quantitative estimate of drug-likeness (QED) is 0.551. The van der Waals surface area contributed by atoms with Gasteiger partial charge in [-0.05, 0) is 62.6 Å². The van der Waals surface area contributed by atoms with Crippen LogP contribution >= 0.6 is 11.8 Å². The minimum Gasteiger partial charge on any atom is -0.493 e. The van der Waals surface area contributed by atoms with Crippen molar-refractivity contribution in [3.05, 3.63) is 53.6 Å². The molecule has 0 aliphatic carbocycles. The van der Waals surface area contributed by atoms with Gasteiger partial charge in [0, 0.05) is 10.6 Å². The summed E-state index contributed by atoms with van der Waals surface area (Å²) < 4.78 is 22.4. The van der Waals surface area contributed by atoms with Crippen molar-refractivity contribution in [2.75, 3.05) is 19.0 Å². The molecule has 146 valence electrons. The van der Waals surface area contributed by atoms with E-state index >= 15 is 0 Å². The topological polar surface area (TPSA) is 36.9 Å². The zero-order valence-corrected chi connectivity index (χ0v) is 17.3. The summed E-state index contributed by atoms with van der Waals surface area (Å²) in [5.41, 5.74) is 2.37. The van der Waals surface area contributed by atoms with E-state index in [2.05, 4.69) is 45.0 Å². The van der Waals surface area contributed by atoms with Gasteiger partial charge in [-0.15, -0.1) is 11.8 Å². The molecule has 2 aromatic carbocycles. The van der Waals surface area contributed by atoms with Crippen molar-refractivity contribution < 1.29 is 18.9 Å². The van der Waals surface area contributed by atoms with Gasteiger partial charge in [0.15, 0.2) is 12.6 Å². The van der Waals surface area contributed by atoms with Crippen LogP contribution in [0.4, 0.5) is 0 Å². The van der Waals surface area contributed by atoms with Crippen LogP contribution in [0.1, 0.15) is 25.0 Å². The van der Waals surface area contributed by atoms with Gasteiger partial charge in [0.05, 0.1) is 6.61 Å². The Kier molecular flexibility index (Phi) is 7.05. The largest absolute Gasteiger partial charge is 0.493 e. The number of ether oxygens (including phenoxy) is 4. The van der Waals surface area contributed by atoms with Crippen LogP contribution in [0.3, 0.4) is 0 Å². The van der Waals surface area contributed by atoms with Gasteiger partial charge in [0.1, 0.15) is 18.1 Å². The van der Waals surface area contributed by atoms with Crippen molar-refractivity contribution in [2.24, 2.45) is 5.92 Å². The lowest BCUT2D eigenvalue weighted by atomic mass is 10.2. The first kappa shape index (κ1) is 20.1. The Bertz CT molecular complexity index is 726. The second kappa shape index (κ2) is 9.49. The van der Waals surface area contributed by atoms with Crippen LogP contribution in [0, 0.1) is 19.8 Å². The highest BCUT2D eigenvalue weighted by molar-refractivity contribution is 7.99. The molecule has 0 saturated carbocycles. The fraction of sp³-hybridized carbons (Fsp3) is 0.455. The summed E-state index contributed by atoms with van der Waals surface area (Å²) >= 11 is 1.84. The lowest BCUT2D eigenvalue weighted by molar-refractivity contribution is -0.380. The molecule has 1 heterocycles. The van der Waals surface area contributed by atoms with E-state index in [9.17, 15) is 0 Å². The second-order valence-corrected chi connectivity index (χ2v) is 8.14. The summed E-state index contributed by atoms with van der Waals surface area (Å²) in [6.45, 7) is 9.37. The average molecular weight is 389 g/mol. The zero-order valence-electron chi connectivity index (χ0n) is 16.4. The van der Waals surface area contributed by atoms with E-state index in [0.717, 1.165) is 29.4 Å². The Morgan fingerprint density at radius 2 is 1.78 bits per heavy atom. The van der Waals surface area contributed by atoms with Crippen LogP contribution in [-0.2, 0) is 9.47 Å². The highest BCUT2D eigenvalue weighted by Gasteiger charge is 2.27. The van der Waals surface area contributed by atoms with Crippen molar-refractivity contribution in [1.82, 2.24) is 0 Å². The third-order valence-corrected chi connectivity index (χ3v) is 5.62. The molecular weight excluding hydrogens is 360 g/mol. The van der Waals surface area contributed by atoms with Gasteiger partial charge in [-0.3, -0.25) is 0 Å². The molecule has 0 aromatic heterocycles. The number of benzene rings is 2. The van der Waals surface area contributed by atoms with Gasteiger partial charge in [0.25, 0.3) is 0 Å². The van der Waals surface area contributed by atoms with Crippen molar-refractivity contribution in [3.8, 4) is 11.5 Å². The van der Waals surface area contributed by atoms with Crippen LogP contribution in [0.2, 0.25) is 0 Å². The van der Waals surface area contributed by atoms with E-state index in [1.807, 2.05) is 36.9 Å². The summed E-state index contributed by atoms with van der Waals surface area (Å²) in [6, 6.07) is 14.5. The molecule has 0 amide bonds. The molecule has 5 heteroatoms. The molecule has 0 radical (unpaired) electrons. The maximum Gasteiger partial charge on any atom is 0.197 e. The first-order chi connectivity index (χ1) is 13.0. The molecule has 1 aliphatic heterocycles. The lowest BCUT2D eigenvalue weighted by Crippen LogP contribution is -2.42. The molecule has 1 atom stereocenters. The summed E-state index contributed by atoms with van der Waals surface area (Å²) in [5.74, 6) is 3.28. The van der Waals surface area contributed by atoms with E-state index in [1.54, 1.807) is 0 Å². The molecule has 0 N–H and O–H groups in total. The first-order valence-corrected chi connectivity index (χ1v) is 10.3. The maximum atomic E-state index is 5.88. The molecule has 1 saturated heterocycles. The van der Waals surface area contributed by atoms with Gasteiger partial charge in [-0.2, -0.15) is 0 Å². The van der Waals surface area contributed by atoms with Crippen molar-refractivity contribution >= 4 is 11.8 Å². The Morgan fingerprint density at radius 3 is 2.44 bits per heavy atom. The predicted octanol–water partition coefficient (Wildman–Crippen LogP) is 5.21. The van der Waals surface area contributed by atoms with E-state index in [0.29, 0.717) is 12.5 Å². The lowest BCUT2D eigenvalue weighted by Gasteiger charge is -2.33. The van der Waals surface area contributed by atoms with Crippen LogP contribution in [0.5, 0.6) is 11.5 Å². The normalized spacial score (nSPS) is 20.0. The Balaban J connectivity index is 1.40. The molecule has 2 aromatic rings. The average Bonchev–Trinajstić information content (AvgIpc) is 2.63. The molecule has 1 unspecified atom stereocenters. The Hall–Kier alpha value is -1.69. The Labute approximate surface area is 166 Å². The third kappa shape index (κ3) is 6.16. The number of hydrogen-bond donors (Lipinski definition) is 0. The molecule has 0 spiro atoms. The summed E-state index contributed by atoms with van der Waals surface area (Å²) in [7, 11) is 0. The van der Waals surface area contributed by atoms with Crippen molar-refractivity contribution in [1.29, 1.82) is 0 Å². The van der Waals surface area contributed by atoms with Gasteiger partial charge < -0.3 is 18.9 Å². The van der Waals surface area contributed by atoms with E-state index < -0.39 is 0 Å². The SMILES string of the molecule is Cc1ccc(OCC(C)CSc2ccc(OCC3OC(C)O3)c(C)c2)cc1. The van der Waals surface area contributed by atoms with Gasteiger partial charge in [-0.25, -0.2) is 0 Å². The van der Waals surface area contributed by atoms with Gasteiger partial charge in [0.2, 0.25) is 0 Å². The fourth-order valence-electron chi connectivity index (χ4n) is 2.71. The number of aryl methyl sites for hydroxylation is 2. The standard InChI is InChI=1S/C22H28O4S/c1-15-5-7-19(8-6-15)23-12-16(2)14-27-20-9-10-21(17(3)11-20)24-13-22-25-18(4)26-22/h5-11,16,18,22H,12-14H2,1-4H3. The highest BCUT2D eigenvalue weighted by Crippen LogP contribution is 2.28. The molecule has 0 bridgehead atoms. The smallest absolute Gasteiger partial charge is 0.197 e. The Morgan fingerprint density at radius 1 is 1.04 bits per heavy atom. The predicted molar refractivity (Wildman–Crippen MR) is 109 cm³/mol. The molecule has 4 nitrogen and oxygen atoms in total. The monoisotopic (exact) mass is 388 g/mol. The molecule has 1 aliphatic rings. The minimum atomic E-state index is -0.247. The first-order valence-electron chi connectivity index (χ1n) is 9.36. The zero-order chi connectivity index (χ0) is 19.2. The maximum absolute atomic E-state index is 5.88. The van der Waals surface area contributed by atoms with Gasteiger partial charge in [-0.1, -0.05) is 24.6 Å². The van der Waals surface area contributed by atoms with Crippen molar-refractivity contribution in [3.63, 3.8) is 0 Å². The molecular formula is C22H28O4S. The van der Waals surface area contributed by atoms with E-state index in [4.69, 9.17) is 18.9 Å². The molecule has 27 heavy (non-hydrogen) atoms. The van der Waals surface area contributed by atoms with Crippen LogP contribution in [0.25, 0.3) is 0 Å².